The maximum absolute atomic E-state index is 13.8. The van der Waals surface area contributed by atoms with Crippen LogP contribution >= 0.6 is 0 Å². The van der Waals surface area contributed by atoms with Gasteiger partial charge < -0.3 is 14.6 Å². The number of methoxy groups -OCH3 is 1. The predicted molar refractivity (Wildman–Crippen MR) is 74.3 cm³/mol. The van der Waals surface area contributed by atoms with Gasteiger partial charge in [0, 0.05) is 18.7 Å². The van der Waals surface area contributed by atoms with Gasteiger partial charge in [0.1, 0.15) is 11.6 Å². The fourth-order valence-corrected chi connectivity index (χ4v) is 2.03. The van der Waals surface area contributed by atoms with Crippen LogP contribution in [0.15, 0.2) is 22.7 Å². The highest BCUT2D eigenvalue weighted by Gasteiger charge is 2.12. The molecule has 1 aromatic carbocycles. The number of rotatable bonds is 5. The molecule has 1 heterocycles. The fraction of sp³-hybridized carbons (Fsp3) is 0.333. The van der Waals surface area contributed by atoms with Crippen molar-refractivity contribution in [3.05, 3.63) is 52.2 Å². The molecule has 2 aromatic rings. The van der Waals surface area contributed by atoms with E-state index in [2.05, 4.69) is 15.2 Å². The number of esters is 1. The minimum Gasteiger partial charge on any atom is -0.465 e. The zero-order valence-corrected chi connectivity index (χ0v) is 12.2. The summed E-state index contributed by atoms with van der Waals surface area (Å²) in [6.45, 7) is 4.78. The van der Waals surface area contributed by atoms with Crippen molar-refractivity contribution in [1.82, 2.24) is 10.5 Å². The number of nitrogens with zero attached hydrogens (tertiary/aromatic N) is 1. The van der Waals surface area contributed by atoms with Gasteiger partial charge in [0.2, 0.25) is 0 Å². The minimum atomic E-state index is -0.678. The van der Waals surface area contributed by atoms with Crippen LogP contribution in [0, 0.1) is 19.7 Å². The van der Waals surface area contributed by atoms with Crippen LogP contribution in [-0.4, -0.2) is 18.2 Å². The van der Waals surface area contributed by atoms with Gasteiger partial charge in [-0.2, -0.15) is 0 Å². The molecule has 0 aliphatic rings. The van der Waals surface area contributed by atoms with E-state index in [1.807, 2.05) is 13.8 Å². The SMILES string of the molecule is COC(=O)c1ccc(CNCc2c(C)noc2C)cc1F. The zero-order chi connectivity index (χ0) is 15.4. The van der Waals surface area contributed by atoms with Gasteiger partial charge in [0.05, 0.1) is 18.4 Å². The summed E-state index contributed by atoms with van der Waals surface area (Å²) >= 11 is 0. The van der Waals surface area contributed by atoms with Crippen LogP contribution in [0.25, 0.3) is 0 Å². The molecule has 0 saturated heterocycles. The molecule has 0 fully saturated rings. The first-order chi connectivity index (χ1) is 10.0. The normalized spacial score (nSPS) is 10.7. The quantitative estimate of drug-likeness (QED) is 0.858. The number of hydrogen-bond donors (Lipinski definition) is 1. The Bertz CT molecular complexity index is 633. The van der Waals surface area contributed by atoms with Crippen molar-refractivity contribution in [2.24, 2.45) is 0 Å². The van der Waals surface area contributed by atoms with Crippen molar-refractivity contribution >= 4 is 5.97 Å². The van der Waals surface area contributed by atoms with Gasteiger partial charge in [-0.3, -0.25) is 0 Å². The molecule has 112 valence electrons. The van der Waals surface area contributed by atoms with E-state index in [4.69, 9.17) is 4.52 Å². The lowest BCUT2D eigenvalue weighted by Crippen LogP contribution is -2.14. The molecule has 6 heteroatoms. The van der Waals surface area contributed by atoms with E-state index in [0.29, 0.717) is 13.1 Å². The number of carbonyl (C=O) groups is 1. The molecule has 21 heavy (non-hydrogen) atoms. The first-order valence-electron chi connectivity index (χ1n) is 6.52. The topological polar surface area (TPSA) is 64.4 Å². The maximum atomic E-state index is 13.8. The first kappa shape index (κ1) is 15.2. The molecule has 0 saturated carbocycles. The summed E-state index contributed by atoms with van der Waals surface area (Å²) in [5.74, 6) is -0.492. The number of aromatic nitrogens is 1. The van der Waals surface area contributed by atoms with Gasteiger partial charge in [-0.15, -0.1) is 0 Å². The Morgan fingerprint density at radius 1 is 1.38 bits per heavy atom. The Morgan fingerprint density at radius 3 is 2.71 bits per heavy atom. The second-order valence-corrected chi connectivity index (χ2v) is 4.71. The van der Waals surface area contributed by atoms with Gasteiger partial charge in [-0.25, -0.2) is 9.18 Å². The number of ether oxygens (including phenoxy) is 1. The van der Waals surface area contributed by atoms with Crippen LogP contribution in [0.1, 0.15) is 32.9 Å². The maximum Gasteiger partial charge on any atom is 0.340 e. The standard InChI is InChI=1S/C15H17FN2O3/c1-9-13(10(2)21-18-9)8-17-7-11-4-5-12(14(16)6-11)15(19)20-3/h4-6,17H,7-8H2,1-3H3. The van der Waals surface area contributed by atoms with Gasteiger partial charge in [-0.1, -0.05) is 11.2 Å². The van der Waals surface area contributed by atoms with Gasteiger partial charge in [0.15, 0.2) is 0 Å². The van der Waals surface area contributed by atoms with Crippen molar-refractivity contribution in [2.75, 3.05) is 7.11 Å². The van der Waals surface area contributed by atoms with E-state index in [9.17, 15) is 9.18 Å². The number of carbonyl (C=O) groups excluding carboxylic acids is 1. The molecule has 0 aliphatic carbocycles. The summed E-state index contributed by atoms with van der Waals surface area (Å²) in [5, 5.41) is 7.06. The molecule has 0 atom stereocenters. The van der Waals surface area contributed by atoms with Crippen LogP contribution in [0.2, 0.25) is 0 Å². The van der Waals surface area contributed by atoms with Gasteiger partial charge in [-0.05, 0) is 31.5 Å². The Morgan fingerprint density at radius 2 is 2.14 bits per heavy atom. The summed E-state index contributed by atoms with van der Waals surface area (Å²) in [6.07, 6.45) is 0. The average molecular weight is 292 g/mol. The Labute approximate surface area is 122 Å². The highest BCUT2D eigenvalue weighted by molar-refractivity contribution is 5.89. The van der Waals surface area contributed by atoms with Crippen molar-refractivity contribution in [3.63, 3.8) is 0 Å². The molecule has 0 unspecified atom stereocenters. The Hall–Kier alpha value is -2.21. The van der Waals surface area contributed by atoms with Crippen LogP contribution in [0.5, 0.6) is 0 Å². The molecule has 0 bridgehead atoms. The largest absolute Gasteiger partial charge is 0.465 e. The Kier molecular flexibility index (Phi) is 4.70. The summed E-state index contributed by atoms with van der Waals surface area (Å²) in [5.41, 5.74) is 2.52. The van der Waals surface area contributed by atoms with Crippen molar-refractivity contribution in [1.29, 1.82) is 0 Å². The molecule has 0 aliphatic heterocycles. The van der Waals surface area contributed by atoms with Gasteiger partial charge in [0.25, 0.3) is 0 Å². The molecular formula is C15H17FN2O3. The highest BCUT2D eigenvalue weighted by atomic mass is 19.1. The molecule has 0 spiro atoms. The third-order valence-corrected chi connectivity index (χ3v) is 3.25. The first-order valence-corrected chi connectivity index (χ1v) is 6.52. The van der Waals surface area contributed by atoms with E-state index >= 15 is 0 Å². The number of halogens is 1. The lowest BCUT2D eigenvalue weighted by Gasteiger charge is -2.07. The number of benzene rings is 1. The zero-order valence-electron chi connectivity index (χ0n) is 12.2. The van der Waals surface area contributed by atoms with Crippen LogP contribution in [0.4, 0.5) is 4.39 Å². The lowest BCUT2D eigenvalue weighted by atomic mass is 10.1. The van der Waals surface area contributed by atoms with E-state index in [0.717, 1.165) is 22.6 Å². The highest BCUT2D eigenvalue weighted by Crippen LogP contribution is 2.14. The number of aryl methyl sites for hydroxylation is 2. The van der Waals surface area contributed by atoms with E-state index in [-0.39, 0.29) is 5.56 Å². The second-order valence-electron chi connectivity index (χ2n) is 4.71. The van der Waals surface area contributed by atoms with Crippen molar-refractivity contribution in [3.8, 4) is 0 Å². The van der Waals surface area contributed by atoms with Crippen LogP contribution in [0.3, 0.4) is 0 Å². The molecule has 1 aromatic heterocycles. The minimum absolute atomic E-state index is 0.0630. The average Bonchev–Trinajstić information content (AvgIpc) is 2.78. The molecule has 2 rings (SSSR count). The van der Waals surface area contributed by atoms with Crippen LogP contribution < -0.4 is 5.32 Å². The van der Waals surface area contributed by atoms with Crippen molar-refractivity contribution < 1.29 is 18.4 Å². The summed E-state index contributed by atoms with van der Waals surface area (Å²) in [6, 6.07) is 4.44. The lowest BCUT2D eigenvalue weighted by molar-refractivity contribution is 0.0595. The van der Waals surface area contributed by atoms with E-state index in [1.54, 1.807) is 6.07 Å². The molecule has 1 N–H and O–H groups in total. The van der Waals surface area contributed by atoms with Crippen LogP contribution in [-0.2, 0) is 17.8 Å². The molecule has 0 radical (unpaired) electrons. The molecule has 0 amide bonds. The van der Waals surface area contributed by atoms with Gasteiger partial charge >= 0.3 is 5.97 Å². The van der Waals surface area contributed by atoms with E-state index in [1.165, 1.54) is 19.2 Å². The number of hydrogen-bond acceptors (Lipinski definition) is 5. The Balaban J connectivity index is 1.98. The second kappa shape index (κ2) is 6.49. The third kappa shape index (κ3) is 3.46. The summed E-state index contributed by atoms with van der Waals surface area (Å²) in [4.78, 5) is 11.3. The summed E-state index contributed by atoms with van der Waals surface area (Å²) in [7, 11) is 1.22. The fourth-order valence-electron chi connectivity index (χ4n) is 2.03. The summed E-state index contributed by atoms with van der Waals surface area (Å²) < 4.78 is 23.3. The predicted octanol–water partition coefficient (Wildman–Crippen LogP) is 2.51. The molecular weight excluding hydrogens is 275 g/mol. The van der Waals surface area contributed by atoms with E-state index < -0.39 is 11.8 Å². The third-order valence-electron chi connectivity index (χ3n) is 3.25. The van der Waals surface area contributed by atoms with Crippen molar-refractivity contribution in [2.45, 2.75) is 26.9 Å². The monoisotopic (exact) mass is 292 g/mol. The molecule has 5 nitrogen and oxygen atoms in total. The smallest absolute Gasteiger partial charge is 0.340 e. The number of nitrogens with one attached hydrogen (secondary N) is 1.